The van der Waals surface area contributed by atoms with Gasteiger partial charge in [-0.05, 0) is 39.7 Å². The Morgan fingerprint density at radius 3 is 2.25 bits per heavy atom. The van der Waals surface area contributed by atoms with E-state index in [4.69, 9.17) is 19.9 Å². The zero-order chi connectivity index (χ0) is 23.4. The third-order valence-electron chi connectivity index (χ3n) is 5.00. The van der Waals surface area contributed by atoms with Crippen molar-refractivity contribution in [2.24, 2.45) is 5.73 Å². The van der Waals surface area contributed by atoms with Gasteiger partial charge in [-0.2, -0.15) is 5.26 Å². The summed E-state index contributed by atoms with van der Waals surface area (Å²) < 4.78 is 15.9. The lowest BCUT2D eigenvalue weighted by Crippen LogP contribution is -2.40. The van der Waals surface area contributed by atoms with Crippen molar-refractivity contribution in [2.75, 3.05) is 26.2 Å². The van der Waals surface area contributed by atoms with E-state index in [-0.39, 0.29) is 22.7 Å². The number of hydrogen-bond donors (Lipinski definition) is 1. The minimum Gasteiger partial charge on any atom is -0.496 e. The number of esters is 2. The molecule has 0 fully saturated rings. The maximum absolute atomic E-state index is 13.0. The Labute approximate surface area is 193 Å². The van der Waals surface area contributed by atoms with Crippen LogP contribution in [0.2, 0.25) is 0 Å². The normalized spacial score (nSPS) is 15.8. The van der Waals surface area contributed by atoms with E-state index in [2.05, 4.69) is 22.0 Å². The van der Waals surface area contributed by atoms with Gasteiger partial charge in [-0.3, -0.25) is 4.90 Å². The number of benzene rings is 2. The van der Waals surface area contributed by atoms with Crippen molar-refractivity contribution in [2.45, 2.75) is 5.92 Å². The molecule has 0 saturated heterocycles. The highest BCUT2D eigenvalue weighted by Crippen LogP contribution is 2.44. The lowest BCUT2D eigenvalue weighted by Gasteiger charge is -2.36. The molecule has 3 rings (SSSR count). The molecule has 0 amide bonds. The average molecular weight is 498 g/mol. The van der Waals surface area contributed by atoms with Gasteiger partial charge in [-0.1, -0.05) is 30.3 Å². The van der Waals surface area contributed by atoms with Crippen molar-refractivity contribution in [1.29, 1.82) is 5.26 Å². The van der Waals surface area contributed by atoms with Crippen molar-refractivity contribution in [1.82, 2.24) is 0 Å². The monoisotopic (exact) mass is 497 g/mol. The van der Waals surface area contributed by atoms with Crippen LogP contribution in [0.25, 0.3) is 0 Å². The predicted molar refractivity (Wildman–Crippen MR) is 120 cm³/mol. The first-order valence-electron chi connectivity index (χ1n) is 9.38. The summed E-state index contributed by atoms with van der Waals surface area (Å²) in [5, 5.41) is 10.0. The highest BCUT2D eigenvalue weighted by Gasteiger charge is 2.43. The van der Waals surface area contributed by atoms with Crippen LogP contribution in [0.5, 0.6) is 5.75 Å². The number of ether oxygens (including phenoxy) is 3. The molecular weight excluding hydrogens is 478 g/mol. The zero-order valence-corrected chi connectivity index (χ0v) is 19.2. The molecule has 1 atom stereocenters. The molecule has 2 aromatic carbocycles. The van der Waals surface area contributed by atoms with Crippen molar-refractivity contribution >= 4 is 33.6 Å². The highest BCUT2D eigenvalue weighted by atomic mass is 79.9. The summed E-state index contributed by atoms with van der Waals surface area (Å²) in [5.41, 5.74) is 7.36. The molecule has 0 radical (unpaired) electrons. The van der Waals surface area contributed by atoms with Gasteiger partial charge in [0, 0.05) is 5.69 Å². The average Bonchev–Trinajstić information content (AvgIpc) is 2.82. The second-order valence-corrected chi connectivity index (χ2v) is 7.51. The van der Waals surface area contributed by atoms with Crippen molar-refractivity contribution < 1.29 is 23.8 Å². The largest absolute Gasteiger partial charge is 0.496 e. The molecule has 1 heterocycles. The van der Waals surface area contributed by atoms with Gasteiger partial charge in [0.15, 0.2) is 0 Å². The van der Waals surface area contributed by atoms with Gasteiger partial charge in [0.2, 0.25) is 0 Å². The molecule has 0 spiro atoms. The van der Waals surface area contributed by atoms with Crippen LogP contribution in [0.15, 0.2) is 75.7 Å². The second kappa shape index (κ2) is 9.58. The Balaban J connectivity index is 2.39. The van der Waals surface area contributed by atoms with Crippen molar-refractivity contribution in [3.05, 3.63) is 81.2 Å². The number of allylic oxidation sites excluding steroid dienone is 1. The van der Waals surface area contributed by atoms with E-state index in [9.17, 15) is 14.9 Å². The first-order valence-corrected chi connectivity index (χ1v) is 10.2. The number of nitrogens with zero attached hydrogens (tertiary/aromatic N) is 2. The molecule has 0 bridgehead atoms. The van der Waals surface area contributed by atoms with Gasteiger partial charge < -0.3 is 19.9 Å². The van der Waals surface area contributed by atoms with Crippen LogP contribution in [-0.4, -0.2) is 33.3 Å². The minimum atomic E-state index is -0.916. The lowest BCUT2D eigenvalue weighted by molar-refractivity contribution is -0.139. The lowest BCUT2D eigenvalue weighted by atomic mass is 9.81. The van der Waals surface area contributed by atoms with Crippen LogP contribution in [0.1, 0.15) is 11.5 Å². The van der Waals surface area contributed by atoms with Gasteiger partial charge in [0.05, 0.1) is 48.9 Å². The standard InChI is InChI=1S/C23H20BrN3O5/c1-30-17-10-9-14(11-16(17)24)27-20(23(29)32-3)19(22(28)31-2)18(15(12-25)21(27)26)13-7-5-4-6-8-13/h4-11,18H,26H2,1-3H3. The van der Waals surface area contributed by atoms with Crippen LogP contribution in [-0.2, 0) is 19.1 Å². The number of carbonyl (C=O) groups excluding carboxylic acids is 2. The molecule has 0 aromatic heterocycles. The summed E-state index contributed by atoms with van der Waals surface area (Å²) in [6, 6.07) is 15.9. The van der Waals surface area contributed by atoms with Crippen molar-refractivity contribution in [3.8, 4) is 11.8 Å². The number of anilines is 1. The topological polar surface area (TPSA) is 115 Å². The summed E-state index contributed by atoms with van der Waals surface area (Å²) in [4.78, 5) is 27.3. The predicted octanol–water partition coefficient (Wildman–Crippen LogP) is 3.36. The molecular formula is C23H20BrN3O5. The summed E-state index contributed by atoms with van der Waals surface area (Å²) in [6.07, 6.45) is 0. The van der Waals surface area contributed by atoms with E-state index >= 15 is 0 Å². The van der Waals surface area contributed by atoms with E-state index in [1.54, 1.807) is 48.5 Å². The fourth-order valence-corrected chi connectivity index (χ4v) is 4.10. The van der Waals surface area contributed by atoms with Crippen LogP contribution >= 0.6 is 15.9 Å². The Kier molecular flexibility index (Phi) is 6.85. The van der Waals surface area contributed by atoms with Gasteiger partial charge in [-0.25, -0.2) is 9.59 Å². The molecule has 0 saturated carbocycles. The molecule has 9 heteroatoms. The molecule has 0 aliphatic carbocycles. The summed E-state index contributed by atoms with van der Waals surface area (Å²) in [7, 11) is 3.92. The molecule has 1 aliphatic rings. The van der Waals surface area contributed by atoms with E-state index < -0.39 is 17.9 Å². The van der Waals surface area contributed by atoms with E-state index in [0.717, 1.165) is 0 Å². The van der Waals surface area contributed by atoms with Crippen LogP contribution in [0, 0.1) is 11.3 Å². The number of halogens is 1. The minimum absolute atomic E-state index is 0.00790. The molecule has 2 aromatic rings. The van der Waals surface area contributed by atoms with Gasteiger partial charge >= 0.3 is 11.9 Å². The number of nitriles is 1. The molecule has 8 nitrogen and oxygen atoms in total. The molecule has 1 unspecified atom stereocenters. The molecule has 164 valence electrons. The summed E-state index contributed by atoms with van der Waals surface area (Å²) in [5.74, 6) is -1.96. The first kappa shape index (κ1) is 22.9. The SMILES string of the molecule is COC(=O)C1=C(C(=O)OC)N(c2ccc(OC)c(Br)c2)C(N)=C(C#N)C1c1ccccc1. The maximum Gasteiger partial charge on any atom is 0.355 e. The third-order valence-corrected chi connectivity index (χ3v) is 5.62. The summed E-state index contributed by atoms with van der Waals surface area (Å²) in [6.45, 7) is 0. The third kappa shape index (κ3) is 3.92. The molecule has 32 heavy (non-hydrogen) atoms. The number of rotatable bonds is 5. The Morgan fingerprint density at radius 1 is 1.06 bits per heavy atom. The number of methoxy groups -OCH3 is 3. The second-order valence-electron chi connectivity index (χ2n) is 6.65. The Morgan fingerprint density at radius 2 is 1.72 bits per heavy atom. The smallest absolute Gasteiger partial charge is 0.355 e. The maximum atomic E-state index is 13.0. The van der Waals surface area contributed by atoms with Gasteiger partial charge in [0.1, 0.15) is 17.3 Å². The van der Waals surface area contributed by atoms with E-state index in [1.807, 2.05) is 0 Å². The highest BCUT2D eigenvalue weighted by molar-refractivity contribution is 9.10. The van der Waals surface area contributed by atoms with Crippen LogP contribution < -0.4 is 15.4 Å². The van der Waals surface area contributed by atoms with Gasteiger partial charge in [-0.15, -0.1) is 0 Å². The Hall–Kier alpha value is -3.77. The fourth-order valence-electron chi connectivity index (χ4n) is 3.58. The van der Waals surface area contributed by atoms with E-state index in [0.29, 0.717) is 21.5 Å². The summed E-state index contributed by atoms with van der Waals surface area (Å²) >= 11 is 3.41. The molecule has 1 aliphatic heterocycles. The molecule has 2 N–H and O–H groups in total. The fraction of sp³-hybridized carbons (Fsp3) is 0.174. The quantitative estimate of drug-likeness (QED) is 0.625. The number of nitrogens with two attached hydrogens (primary N) is 1. The van der Waals surface area contributed by atoms with Crippen LogP contribution in [0.4, 0.5) is 5.69 Å². The number of hydrogen-bond acceptors (Lipinski definition) is 8. The van der Waals surface area contributed by atoms with E-state index in [1.165, 1.54) is 26.2 Å². The van der Waals surface area contributed by atoms with Crippen LogP contribution in [0.3, 0.4) is 0 Å². The Bertz CT molecular complexity index is 1170. The number of carbonyl (C=O) groups is 2. The zero-order valence-electron chi connectivity index (χ0n) is 17.6. The first-order chi connectivity index (χ1) is 15.4. The van der Waals surface area contributed by atoms with Gasteiger partial charge in [0.25, 0.3) is 0 Å². The van der Waals surface area contributed by atoms with Crippen molar-refractivity contribution in [3.63, 3.8) is 0 Å².